The molecule has 4 rings (SSSR count). The summed E-state index contributed by atoms with van der Waals surface area (Å²) in [5.74, 6) is -0.290. The number of benzene rings is 3. The van der Waals surface area contributed by atoms with Crippen LogP contribution in [0, 0.1) is 0 Å². The molecule has 0 saturated carbocycles. The quantitative estimate of drug-likeness (QED) is 0.233. The van der Waals surface area contributed by atoms with Crippen molar-refractivity contribution in [1.29, 1.82) is 0 Å². The van der Waals surface area contributed by atoms with Crippen molar-refractivity contribution in [3.8, 4) is 0 Å². The van der Waals surface area contributed by atoms with Crippen LogP contribution in [0.4, 0.5) is 11.4 Å². The van der Waals surface area contributed by atoms with Gasteiger partial charge in [0, 0.05) is 53.3 Å². The summed E-state index contributed by atoms with van der Waals surface area (Å²) in [4.78, 5) is 20.2. The number of hydrogen-bond acceptors (Lipinski definition) is 5. The zero-order valence-electron chi connectivity index (χ0n) is 21.5. The Bertz CT molecular complexity index is 1120. The van der Waals surface area contributed by atoms with Gasteiger partial charge in [0.2, 0.25) is 0 Å². The largest absolute Gasteiger partial charge is 0.462 e. The van der Waals surface area contributed by atoms with Crippen LogP contribution in [0.1, 0.15) is 67.6 Å². The van der Waals surface area contributed by atoms with Crippen molar-refractivity contribution in [2.24, 2.45) is 0 Å². The Labute approximate surface area is 214 Å². The Morgan fingerprint density at radius 1 is 0.743 bits per heavy atom. The lowest BCUT2D eigenvalue weighted by Gasteiger charge is -2.32. The molecule has 5 heteroatoms. The van der Waals surface area contributed by atoms with E-state index in [1.54, 1.807) is 0 Å². The van der Waals surface area contributed by atoms with Gasteiger partial charge >= 0.3 is 5.97 Å². The molecule has 0 amide bonds. The molecule has 0 N–H and O–H groups in total. The van der Waals surface area contributed by atoms with Gasteiger partial charge in [-0.15, -0.1) is 0 Å². The maximum Gasteiger partial charge on any atom is 0.338 e. The van der Waals surface area contributed by atoms with Gasteiger partial charge in [-0.25, -0.2) is 4.79 Å². The minimum Gasteiger partial charge on any atom is -0.462 e. The lowest BCUT2D eigenvalue weighted by molar-refractivity contribution is 0.0525. The molecule has 3 aromatic carbocycles. The third-order valence-electron chi connectivity index (χ3n) is 6.86. The normalized spacial score (nSPS) is 12.6. The van der Waals surface area contributed by atoms with Gasteiger partial charge in [0.1, 0.15) is 0 Å². The van der Waals surface area contributed by atoms with Gasteiger partial charge in [-0.2, -0.15) is 0 Å². The van der Waals surface area contributed by atoms with E-state index in [4.69, 9.17) is 4.74 Å². The standard InChI is InChI=1S/C30H36N2O2S/c1-6-31(7-2)21-15-17-25-27(19-21)35-28-20-22(32(8-3)9-4)16-18-26(28)29(25)23-13-11-12-14-24(23)30(33)34-10-5/h11-20,29H,6-10H2,1-5H3. The van der Waals surface area contributed by atoms with Crippen LogP contribution in [-0.4, -0.2) is 38.8 Å². The van der Waals surface area contributed by atoms with Crippen LogP contribution in [0.2, 0.25) is 0 Å². The van der Waals surface area contributed by atoms with E-state index in [1.165, 1.54) is 32.3 Å². The second-order valence-electron chi connectivity index (χ2n) is 8.63. The summed E-state index contributed by atoms with van der Waals surface area (Å²) in [6, 6.07) is 21.5. The molecule has 0 radical (unpaired) electrons. The number of rotatable bonds is 9. The van der Waals surface area contributed by atoms with Crippen molar-refractivity contribution in [1.82, 2.24) is 0 Å². The first-order chi connectivity index (χ1) is 17.1. The lowest BCUT2D eigenvalue weighted by atomic mass is 9.82. The molecule has 0 fully saturated rings. The van der Waals surface area contributed by atoms with Crippen LogP contribution < -0.4 is 9.80 Å². The highest BCUT2D eigenvalue weighted by molar-refractivity contribution is 7.99. The maximum absolute atomic E-state index is 12.9. The molecule has 3 aromatic rings. The molecule has 4 nitrogen and oxygen atoms in total. The minimum atomic E-state index is -0.260. The molecule has 0 aromatic heterocycles. The predicted molar refractivity (Wildman–Crippen MR) is 147 cm³/mol. The smallest absolute Gasteiger partial charge is 0.338 e. The van der Waals surface area contributed by atoms with Crippen molar-refractivity contribution in [2.45, 2.75) is 50.3 Å². The second-order valence-corrected chi connectivity index (χ2v) is 9.72. The Hall–Kier alpha value is -2.92. The van der Waals surface area contributed by atoms with E-state index in [-0.39, 0.29) is 11.9 Å². The van der Waals surface area contributed by atoms with Gasteiger partial charge in [-0.1, -0.05) is 42.1 Å². The molecule has 0 atom stereocenters. The molecule has 184 valence electrons. The number of carbonyl (C=O) groups is 1. The topological polar surface area (TPSA) is 32.8 Å². The molecule has 0 spiro atoms. The van der Waals surface area contributed by atoms with Crippen molar-refractivity contribution in [3.05, 3.63) is 82.9 Å². The molecule has 0 aliphatic carbocycles. The van der Waals surface area contributed by atoms with Crippen LogP contribution in [0.15, 0.2) is 70.5 Å². The van der Waals surface area contributed by atoms with Gasteiger partial charge in [0.15, 0.2) is 0 Å². The van der Waals surface area contributed by atoms with Crippen molar-refractivity contribution < 1.29 is 9.53 Å². The molecule has 35 heavy (non-hydrogen) atoms. The van der Waals surface area contributed by atoms with Crippen LogP contribution >= 0.6 is 11.8 Å². The number of anilines is 2. The summed E-state index contributed by atoms with van der Waals surface area (Å²) >= 11 is 1.84. The highest BCUT2D eigenvalue weighted by atomic mass is 32.2. The predicted octanol–water partition coefficient (Wildman–Crippen LogP) is 7.20. The number of fused-ring (bicyclic) bond motifs is 2. The van der Waals surface area contributed by atoms with E-state index in [1.807, 2.05) is 36.9 Å². The molecule has 0 bridgehead atoms. The van der Waals surface area contributed by atoms with Crippen molar-refractivity contribution in [2.75, 3.05) is 42.6 Å². The fourth-order valence-corrected chi connectivity index (χ4v) is 6.24. The summed E-state index contributed by atoms with van der Waals surface area (Å²) in [5, 5.41) is 0. The number of nitrogens with zero attached hydrogens (tertiary/aromatic N) is 2. The van der Waals surface area contributed by atoms with Crippen LogP contribution in [0.5, 0.6) is 0 Å². The van der Waals surface area contributed by atoms with E-state index >= 15 is 0 Å². The van der Waals surface area contributed by atoms with Gasteiger partial charge in [-0.3, -0.25) is 0 Å². The molecular weight excluding hydrogens is 452 g/mol. The SMILES string of the molecule is CCOC(=O)c1ccccc1C1c2ccc(N(CC)CC)cc2Sc2cc(N(CC)CC)ccc21. The van der Waals surface area contributed by atoms with Crippen LogP contribution in [0.3, 0.4) is 0 Å². The molecule has 0 unspecified atom stereocenters. The first-order valence-corrected chi connectivity index (χ1v) is 13.6. The van der Waals surface area contributed by atoms with Gasteiger partial charge in [-0.05, 0) is 81.6 Å². The first kappa shape index (κ1) is 25.2. The molecular formula is C30H36N2O2S. The molecule has 0 saturated heterocycles. The monoisotopic (exact) mass is 488 g/mol. The fourth-order valence-electron chi connectivity index (χ4n) is 5.04. The fraction of sp³-hybridized carbons (Fsp3) is 0.367. The number of hydrogen-bond donors (Lipinski definition) is 0. The van der Waals surface area contributed by atoms with E-state index in [9.17, 15) is 4.79 Å². The zero-order valence-corrected chi connectivity index (χ0v) is 22.3. The first-order valence-electron chi connectivity index (χ1n) is 12.8. The van der Waals surface area contributed by atoms with Crippen molar-refractivity contribution in [3.63, 3.8) is 0 Å². The Kier molecular flexibility index (Phi) is 8.07. The highest BCUT2D eigenvalue weighted by Crippen LogP contribution is 2.51. The Morgan fingerprint density at radius 2 is 1.26 bits per heavy atom. The van der Waals surface area contributed by atoms with E-state index < -0.39 is 0 Å². The van der Waals surface area contributed by atoms with Gasteiger partial charge in [0.05, 0.1) is 12.2 Å². The lowest BCUT2D eigenvalue weighted by Crippen LogP contribution is -2.23. The minimum absolute atomic E-state index is 0.0293. The third kappa shape index (κ3) is 4.92. The number of carbonyl (C=O) groups excluding carboxylic acids is 1. The summed E-state index contributed by atoms with van der Waals surface area (Å²) in [6.07, 6.45) is 0. The third-order valence-corrected chi connectivity index (χ3v) is 8.01. The summed E-state index contributed by atoms with van der Waals surface area (Å²) in [5.41, 5.74) is 6.60. The van der Waals surface area contributed by atoms with E-state index in [0.717, 1.165) is 31.7 Å². The molecule has 1 aliphatic heterocycles. The van der Waals surface area contributed by atoms with Gasteiger partial charge in [0.25, 0.3) is 0 Å². The van der Waals surface area contributed by atoms with E-state index in [0.29, 0.717) is 12.2 Å². The average molecular weight is 489 g/mol. The van der Waals surface area contributed by atoms with Crippen LogP contribution in [0.25, 0.3) is 0 Å². The number of ether oxygens (including phenoxy) is 1. The average Bonchev–Trinajstić information content (AvgIpc) is 2.88. The summed E-state index contributed by atoms with van der Waals surface area (Å²) in [6.45, 7) is 14.9. The van der Waals surface area contributed by atoms with Crippen molar-refractivity contribution >= 4 is 29.1 Å². The second kappa shape index (κ2) is 11.2. The molecule has 1 aliphatic rings. The number of esters is 1. The Morgan fingerprint density at radius 3 is 1.74 bits per heavy atom. The van der Waals surface area contributed by atoms with Crippen LogP contribution in [-0.2, 0) is 4.74 Å². The zero-order chi connectivity index (χ0) is 24.9. The Balaban J connectivity index is 1.91. The van der Waals surface area contributed by atoms with Gasteiger partial charge < -0.3 is 14.5 Å². The summed E-state index contributed by atoms with van der Waals surface area (Å²) < 4.78 is 5.44. The highest BCUT2D eigenvalue weighted by Gasteiger charge is 2.31. The molecule has 1 heterocycles. The van der Waals surface area contributed by atoms with E-state index in [2.05, 4.69) is 80.0 Å². The maximum atomic E-state index is 12.9. The summed E-state index contributed by atoms with van der Waals surface area (Å²) in [7, 11) is 0.